The van der Waals surface area contributed by atoms with Crippen molar-refractivity contribution in [3.8, 4) is 5.75 Å². The molecule has 0 radical (unpaired) electrons. The molecule has 2 unspecified atom stereocenters. The summed E-state index contributed by atoms with van der Waals surface area (Å²) < 4.78 is 5.39. The maximum atomic E-state index is 5.39. The molecular formula is C15H24N2O. The summed E-state index contributed by atoms with van der Waals surface area (Å²) in [6.45, 7) is 6.57. The fourth-order valence-corrected chi connectivity index (χ4v) is 2.98. The Bertz CT molecular complexity index is 411. The van der Waals surface area contributed by atoms with Crippen LogP contribution in [0.1, 0.15) is 29.2 Å². The summed E-state index contributed by atoms with van der Waals surface area (Å²) in [6, 6.07) is 4.73. The molecule has 3 nitrogen and oxygen atoms in total. The highest BCUT2D eigenvalue weighted by molar-refractivity contribution is 5.45. The van der Waals surface area contributed by atoms with Gasteiger partial charge in [-0.05, 0) is 69.1 Å². The Morgan fingerprint density at radius 2 is 2.11 bits per heavy atom. The molecule has 3 heteroatoms. The van der Waals surface area contributed by atoms with E-state index in [0.29, 0.717) is 12.0 Å². The minimum Gasteiger partial charge on any atom is -0.496 e. The largest absolute Gasteiger partial charge is 0.496 e. The normalized spacial score (nSPS) is 21.0. The van der Waals surface area contributed by atoms with E-state index >= 15 is 0 Å². The summed E-state index contributed by atoms with van der Waals surface area (Å²) >= 11 is 0. The molecule has 2 rings (SSSR count). The Morgan fingerprint density at radius 3 is 2.67 bits per heavy atom. The maximum Gasteiger partial charge on any atom is 0.122 e. The van der Waals surface area contributed by atoms with Gasteiger partial charge in [0.2, 0.25) is 0 Å². The van der Waals surface area contributed by atoms with E-state index in [1.54, 1.807) is 7.11 Å². The van der Waals surface area contributed by atoms with Gasteiger partial charge >= 0.3 is 0 Å². The number of hydrogen-bond donors (Lipinski definition) is 2. The average Bonchev–Trinajstić information content (AvgIpc) is 2.89. The number of nitrogens with one attached hydrogen (secondary N) is 2. The summed E-state index contributed by atoms with van der Waals surface area (Å²) in [4.78, 5) is 0. The smallest absolute Gasteiger partial charge is 0.122 e. The van der Waals surface area contributed by atoms with Gasteiger partial charge in [-0.1, -0.05) is 6.07 Å². The van der Waals surface area contributed by atoms with Gasteiger partial charge in [-0.3, -0.25) is 0 Å². The zero-order valence-corrected chi connectivity index (χ0v) is 11.8. The van der Waals surface area contributed by atoms with Gasteiger partial charge in [-0.15, -0.1) is 0 Å². The summed E-state index contributed by atoms with van der Waals surface area (Å²) in [5.74, 6) is 1.66. The standard InChI is InChI=1S/C15H24N2O/c1-10-11(2)14(18-4)6-5-13(10)15(16-3)12-7-8-17-9-12/h5-6,12,15-17H,7-9H2,1-4H3. The second-order valence-corrected chi connectivity index (χ2v) is 5.13. The van der Waals surface area contributed by atoms with E-state index in [1.165, 1.54) is 23.1 Å². The van der Waals surface area contributed by atoms with E-state index in [2.05, 4.69) is 43.7 Å². The fourth-order valence-electron chi connectivity index (χ4n) is 2.98. The van der Waals surface area contributed by atoms with Gasteiger partial charge < -0.3 is 15.4 Å². The number of rotatable bonds is 4. The minimum atomic E-state index is 0.435. The van der Waals surface area contributed by atoms with E-state index < -0.39 is 0 Å². The first kappa shape index (κ1) is 13.4. The van der Waals surface area contributed by atoms with Crippen molar-refractivity contribution in [2.75, 3.05) is 27.2 Å². The Hall–Kier alpha value is -1.06. The fraction of sp³-hybridized carbons (Fsp3) is 0.600. The molecule has 0 aliphatic carbocycles. The molecule has 100 valence electrons. The summed E-state index contributed by atoms with van der Waals surface area (Å²) in [6.07, 6.45) is 1.25. The first-order valence-corrected chi connectivity index (χ1v) is 6.71. The van der Waals surface area contributed by atoms with Gasteiger partial charge in [0.15, 0.2) is 0 Å². The molecule has 1 aliphatic heterocycles. The zero-order chi connectivity index (χ0) is 13.1. The SMILES string of the molecule is CNC(c1ccc(OC)c(C)c1C)C1CCNC1. The van der Waals surface area contributed by atoms with E-state index in [1.807, 2.05) is 0 Å². The van der Waals surface area contributed by atoms with E-state index in [0.717, 1.165) is 18.8 Å². The van der Waals surface area contributed by atoms with E-state index in [-0.39, 0.29) is 0 Å². The highest BCUT2D eigenvalue weighted by atomic mass is 16.5. The van der Waals surface area contributed by atoms with Crippen molar-refractivity contribution in [2.45, 2.75) is 26.3 Å². The Kier molecular flexibility index (Phi) is 4.25. The van der Waals surface area contributed by atoms with Crippen LogP contribution in [0, 0.1) is 19.8 Å². The minimum absolute atomic E-state index is 0.435. The molecule has 0 aromatic heterocycles. The van der Waals surface area contributed by atoms with Crippen LogP contribution in [0.25, 0.3) is 0 Å². The lowest BCUT2D eigenvalue weighted by Crippen LogP contribution is -2.27. The second kappa shape index (κ2) is 5.72. The highest BCUT2D eigenvalue weighted by Gasteiger charge is 2.26. The van der Waals surface area contributed by atoms with E-state index in [4.69, 9.17) is 4.74 Å². The van der Waals surface area contributed by atoms with Gasteiger partial charge in [0.05, 0.1) is 7.11 Å². The lowest BCUT2D eigenvalue weighted by atomic mass is 9.88. The van der Waals surface area contributed by atoms with Crippen LogP contribution in [0.4, 0.5) is 0 Å². The molecule has 1 aliphatic rings. The van der Waals surface area contributed by atoms with Crippen LogP contribution >= 0.6 is 0 Å². The predicted molar refractivity (Wildman–Crippen MR) is 75.2 cm³/mol. The monoisotopic (exact) mass is 248 g/mol. The van der Waals surface area contributed by atoms with Crippen molar-refractivity contribution in [1.82, 2.24) is 10.6 Å². The van der Waals surface area contributed by atoms with Crippen molar-refractivity contribution >= 4 is 0 Å². The number of benzene rings is 1. The van der Waals surface area contributed by atoms with Crippen molar-refractivity contribution in [2.24, 2.45) is 5.92 Å². The number of ether oxygens (including phenoxy) is 1. The van der Waals surface area contributed by atoms with E-state index in [9.17, 15) is 0 Å². The maximum absolute atomic E-state index is 5.39. The molecule has 1 aromatic carbocycles. The Morgan fingerprint density at radius 1 is 1.33 bits per heavy atom. The van der Waals surface area contributed by atoms with Gasteiger partial charge in [-0.25, -0.2) is 0 Å². The molecule has 0 saturated carbocycles. The average molecular weight is 248 g/mol. The van der Waals surface area contributed by atoms with Gasteiger partial charge in [0.1, 0.15) is 5.75 Å². The predicted octanol–water partition coefficient (Wildman–Crippen LogP) is 2.18. The van der Waals surface area contributed by atoms with Crippen LogP contribution in [0.15, 0.2) is 12.1 Å². The summed E-state index contributed by atoms with van der Waals surface area (Å²) in [7, 11) is 3.79. The molecule has 0 amide bonds. The van der Waals surface area contributed by atoms with Gasteiger partial charge in [0.25, 0.3) is 0 Å². The van der Waals surface area contributed by atoms with Gasteiger partial charge in [-0.2, -0.15) is 0 Å². The summed E-state index contributed by atoms with van der Waals surface area (Å²) in [5, 5.41) is 6.93. The molecule has 1 heterocycles. The summed E-state index contributed by atoms with van der Waals surface area (Å²) in [5.41, 5.74) is 4.01. The number of methoxy groups -OCH3 is 1. The van der Waals surface area contributed by atoms with Crippen molar-refractivity contribution in [1.29, 1.82) is 0 Å². The van der Waals surface area contributed by atoms with Crippen LogP contribution in [-0.4, -0.2) is 27.2 Å². The van der Waals surface area contributed by atoms with Crippen LogP contribution in [0.5, 0.6) is 5.75 Å². The molecule has 18 heavy (non-hydrogen) atoms. The molecule has 0 bridgehead atoms. The Labute approximate surface area is 110 Å². The highest BCUT2D eigenvalue weighted by Crippen LogP contribution is 2.33. The zero-order valence-electron chi connectivity index (χ0n) is 11.8. The molecule has 2 N–H and O–H groups in total. The van der Waals surface area contributed by atoms with Crippen LogP contribution in [0.2, 0.25) is 0 Å². The third kappa shape index (κ3) is 2.38. The van der Waals surface area contributed by atoms with Crippen LogP contribution in [0.3, 0.4) is 0 Å². The molecule has 1 aromatic rings. The lowest BCUT2D eigenvalue weighted by Gasteiger charge is -2.26. The first-order valence-electron chi connectivity index (χ1n) is 6.71. The Balaban J connectivity index is 2.33. The second-order valence-electron chi connectivity index (χ2n) is 5.13. The molecule has 0 spiro atoms. The van der Waals surface area contributed by atoms with Crippen molar-refractivity contribution in [3.63, 3.8) is 0 Å². The van der Waals surface area contributed by atoms with Crippen LogP contribution in [-0.2, 0) is 0 Å². The first-order chi connectivity index (χ1) is 8.69. The third-order valence-electron chi connectivity index (χ3n) is 4.22. The quantitative estimate of drug-likeness (QED) is 0.857. The van der Waals surface area contributed by atoms with Crippen LogP contribution < -0.4 is 15.4 Å². The molecule has 1 saturated heterocycles. The van der Waals surface area contributed by atoms with Gasteiger partial charge in [0, 0.05) is 6.04 Å². The molecule has 2 atom stereocenters. The van der Waals surface area contributed by atoms with Crippen molar-refractivity contribution in [3.05, 3.63) is 28.8 Å². The lowest BCUT2D eigenvalue weighted by molar-refractivity contribution is 0.400. The topological polar surface area (TPSA) is 33.3 Å². The molecule has 1 fully saturated rings. The van der Waals surface area contributed by atoms with Crippen molar-refractivity contribution < 1.29 is 4.74 Å². The molecular weight excluding hydrogens is 224 g/mol. The third-order valence-corrected chi connectivity index (χ3v) is 4.22. The number of hydrogen-bond acceptors (Lipinski definition) is 3.